The Bertz CT molecular complexity index is 296. The van der Waals surface area contributed by atoms with Crippen LogP contribution in [0.3, 0.4) is 0 Å². The molecule has 1 rings (SSSR count). The Kier molecular flexibility index (Phi) is 3.07. The molecule has 1 aromatic rings. The minimum atomic E-state index is -1.35. The molecule has 0 fully saturated rings. The first kappa shape index (κ1) is 9.79. The molecule has 0 atom stereocenters. The summed E-state index contributed by atoms with van der Waals surface area (Å²) in [6, 6.07) is 0. The van der Waals surface area contributed by atoms with E-state index in [0.29, 0.717) is 5.19 Å². The number of thiazole rings is 1. The van der Waals surface area contributed by atoms with Gasteiger partial charge in [-0.15, -0.1) is 0 Å². The summed E-state index contributed by atoms with van der Waals surface area (Å²) in [7, 11) is 0. The zero-order chi connectivity index (χ0) is 9.84. The van der Waals surface area contributed by atoms with Crippen LogP contribution >= 0.6 is 11.3 Å². The van der Waals surface area contributed by atoms with E-state index in [1.54, 1.807) is 0 Å². The number of rotatable bonds is 3. The molecule has 1 N–H and O–H groups in total. The molecule has 0 saturated carbocycles. The highest BCUT2D eigenvalue weighted by molar-refractivity contribution is 7.15. The maximum absolute atomic E-state index is 10.1. The molecule has 0 aromatic carbocycles. The zero-order valence-electron chi connectivity index (χ0n) is 7.18. The molecule has 5 nitrogen and oxygen atoms in total. The van der Waals surface area contributed by atoms with Crippen molar-refractivity contribution in [2.24, 2.45) is 0 Å². The molecule has 1 aromatic heterocycles. The number of hydrogen-bond acceptors (Lipinski definition) is 5. The molecular weight excluding hydrogens is 194 g/mol. The lowest BCUT2D eigenvalue weighted by Gasteiger charge is -2.03. The molecule has 0 unspecified atom stereocenters. The molecule has 0 aliphatic heterocycles. The van der Waals surface area contributed by atoms with Gasteiger partial charge in [0.2, 0.25) is 5.06 Å². The van der Waals surface area contributed by atoms with Gasteiger partial charge >= 0.3 is 6.16 Å². The first-order valence-electron chi connectivity index (χ1n) is 3.61. The topological polar surface area (TPSA) is 68.7 Å². The molecule has 0 bridgehead atoms. The third-order valence-corrected chi connectivity index (χ3v) is 1.75. The Morgan fingerprint density at radius 1 is 1.69 bits per heavy atom. The molecule has 13 heavy (non-hydrogen) atoms. The van der Waals surface area contributed by atoms with Crippen molar-refractivity contribution in [3.05, 3.63) is 6.20 Å². The van der Waals surface area contributed by atoms with Crippen LogP contribution in [0.15, 0.2) is 6.20 Å². The van der Waals surface area contributed by atoms with Crippen molar-refractivity contribution in [1.29, 1.82) is 0 Å². The van der Waals surface area contributed by atoms with Crippen LogP contribution in [0.4, 0.5) is 4.79 Å². The van der Waals surface area contributed by atoms with Crippen LogP contribution in [0.1, 0.15) is 13.8 Å². The van der Waals surface area contributed by atoms with Gasteiger partial charge in [-0.05, 0) is 25.2 Å². The zero-order valence-corrected chi connectivity index (χ0v) is 8.00. The Morgan fingerprint density at radius 2 is 2.38 bits per heavy atom. The number of aromatic nitrogens is 1. The van der Waals surface area contributed by atoms with E-state index in [9.17, 15) is 4.79 Å². The van der Waals surface area contributed by atoms with E-state index in [-0.39, 0.29) is 11.2 Å². The van der Waals surface area contributed by atoms with Crippen molar-refractivity contribution in [3.63, 3.8) is 0 Å². The second kappa shape index (κ2) is 4.08. The lowest BCUT2D eigenvalue weighted by molar-refractivity contribution is 0.146. The third-order valence-electron chi connectivity index (χ3n) is 0.988. The van der Waals surface area contributed by atoms with Crippen LogP contribution in [0, 0.1) is 0 Å². The van der Waals surface area contributed by atoms with Crippen LogP contribution < -0.4 is 9.47 Å². The molecule has 0 aliphatic rings. The second-order valence-corrected chi connectivity index (χ2v) is 3.44. The lowest BCUT2D eigenvalue weighted by Crippen LogP contribution is -2.04. The summed E-state index contributed by atoms with van der Waals surface area (Å²) in [6.45, 7) is 3.72. The standard InChI is InChI=1S/C7H9NO4S/c1-4(2)11-6-8-3-5(13-6)12-7(9)10/h3-4H,1-2H3,(H,9,10). The molecule has 6 heteroatoms. The molecule has 0 radical (unpaired) electrons. The van der Waals surface area contributed by atoms with Crippen molar-refractivity contribution in [1.82, 2.24) is 4.98 Å². The summed E-state index contributed by atoms with van der Waals surface area (Å²) in [5, 5.41) is 8.89. The van der Waals surface area contributed by atoms with E-state index in [1.165, 1.54) is 6.20 Å². The van der Waals surface area contributed by atoms with E-state index in [0.717, 1.165) is 11.3 Å². The second-order valence-electron chi connectivity index (χ2n) is 2.48. The van der Waals surface area contributed by atoms with E-state index >= 15 is 0 Å². The predicted octanol–water partition coefficient (Wildman–Crippen LogP) is 1.99. The Labute approximate surface area is 78.9 Å². The van der Waals surface area contributed by atoms with Gasteiger partial charge in [0.15, 0.2) is 0 Å². The van der Waals surface area contributed by atoms with Crippen LogP contribution in [0.5, 0.6) is 10.3 Å². The van der Waals surface area contributed by atoms with Crippen LogP contribution in [0.25, 0.3) is 0 Å². The fraction of sp³-hybridized carbons (Fsp3) is 0.429. The summed E-state index contributed by atoms with van der Waals surface area (Å²) < 4.78 is 9.58. The van der Waals surface area contributed by atoms with Crippen molar-refractivity contribution < 1.29 is 19.4 Å². The summed E-state index contributed by atoms with van der Waals surface area (Å²) in [5.41, 5.74) is 0. The number of hydrogen-bond donors (Lipinski definition) is 1. The van der Waals surface area contributed by atoms with Gasteiger partial charge in [-0.25, -0.2) is 9.78 Å². The third kappa shape index (κ3) is 3.29. The van der Waals surface area contributed by atoms with Crippen LogP contribution in [-0.2, 0) is 0 Å². The maximum atomic E-state index is 10.1. The van der Waals surface area contributed by atoms with Crippen LogP contribution in [-0.4, -0.2) is 22.3 Å². The first-order valence-corrected chi connectivity index (χ1v) is 4.43. The highest BCUT2D eigenvalue weighted by Crippen LogP contribution is 2.28. The summed E-state index contributed by atoms with van der Waals surface area (Å²) in [6.07, 6.45) is -0.0141. The Balaban J connectivity index is 2.58. The van der Waals surface area contributed by atoms with Gasteiger partial charge in [-0.1, -0.05) is 0 Å². The van der Waals surface area contributed by atoms with Crippen molar-refractivity contribution in [2.75, 3.05) is 0 Å². The fourth-order valence-corrected chi connectivity index (χ4v) is 1.37. The molecule has 0 aliphatic carbocycles. The normalized spacial score (nSPS) is 10.1. The van der Waals surface area contributed by atoms with Crippen LogP contribution in [0.2, 0.25) is 0 Å². The van der Waals surface area contributed by atoms with Gasteiger partial charge in [0.25, 0.3) is 5.19 Å². The van der Waals surface area contributed by atoms with Gasteiger partial charge in [-0.2, -0.15) is 0 Å². The van der Waals surface area contributed by atoms with Gasteiger partial charge in [0.05, 0.1) is 12.3 Å². The van der Waals surface area contributed by atoms with Crippen molar-refractivity contribution in [2.45, 2.75) is 20.0 Å². The van der Waals surface area contributed by atoms with E-state index in [2.05, 4.69) is 9.72 Å². The Morgan fingerprint density at radius 3 is 2.92 bits per heavy atom. The fourth-order valence-electron chi connectivity index (χ4n) is 0.634. The molecule has 72 valence electrons. The number of carbonyl (C=O) groups is 1. The predicted molar refractivity (Wildman–Crippen MR) is 46.5 cm³/mol. The van der Waals surface area contributed by atoms with E-state index in [1.807, 2.05) is 13.8 Å². The summed E-state index contributed by atoms with van der Waals surface area (Å²) in [5.74, 6) is 0. The molecular formula is C7H9NO4S. The quantitative estimate of drug-likeness (QED) is 0.761. The van der Waals surface area contributed by atoms with Gasteiger partial charge < -0.3 is 14.6 Å². The van der Waals surface area contributed by atoms with Gasteiger partial charge in [0, 0.05) is 0 Å². The van der Waals surface area contributed by atoms with Crippen molar-refractivity contribution >= 4 is 17.5 Å². The van der Waals surface area contributed by atoms with Crippen molar-refractivity contribution in [3.8, 4) is 10.3 Å². The molecule has 0 spiro atoms. The average Bonchev–Trinajstić information content (AvgIpc) is 2.33. The van der Waals surface area contributed by atoms with E-state index < -0.39 is 6.16 Å². The smallest absolute Gasteiger partial charge is 0.467 e. The first-order chi connectivity index (χ1) is 6.08. The maximum Gasteiger partial charge on any atom is 0.512 e. The largest absolute Gasteiger partial charge is 0.512 e. The number of nitrogens with zero attached hydrogens (tertiary/aromatic N) is 1. The van der Waals surface area contributed by atoms with Gasteiger partial charge in [-0.3, -0.25) is 0 Å². The van der Waals surface area contributed by atoms with E-state index in [4.69, 9.17) is 9.84 Å². The minimum absolute atomic E-state index is 0.0174. The highest BCUT2D eigenvalue weighted by Gasteiger charge is 2.08. The number of carboxylic acid groups (broad SMARTS) is 1. The minimum Gasteiger partial charge on any atom is -0.467 e. The van der Waals surface area contributed by atoms with Gasteiger partial charge in [0.1, 0.15) is 0 Å². The molecule has 0 amide bonds. The number of ether oxygens (including phenoxy) is 2. The summed E-state index contributed by atoms with van der Waals surface area (Å²) in [4.78, 5) is 13.9. The molecule has 0 saturated heterocycles. The Hall–Kier alpha value is -1.30. The monoisotopic (exact) mass is 203 g/mol. The lowest BCUT2D eigenvalue weighted by atomic mass is 10.5. The molecule has 1 heterocycles. The highest BCUT2D eigenvalue weighted by atomic mass is 32.1. The SMILES string of the molecule is CC(C)Oc1ncc(OC(=O)O)s1. The summed E-state index contributed by atoms with van der Waals surface area (Å²) >= 11 is 1.05. The average molecular weight is 203 g/mol.